The van der Waals surface area contributed by atoms with Crippen LogP contribution < -0.4 is 15.4 Å². The highest BCUT2D eigenvalue weighted by atomic mass is 16.5. The van der Waals surface area contributed by atoms with Crippen molar-refractivity contribution in [2.45, 2.75) is 6.42 Å². The summed E-state index contributed by atoms with van der Waals surface area (Å²) in [5.74, 6) is 0.874. The first-order valence-corrected chi connectivity index (χ1v) is 6.08. The normalized spacial score (nSPS) is 13.5. The zero-order valence-electron chi connectivity index (χ0n) is 10.4. The van der Waals surface area contributed by atoms with Gasteiger partial charge in [-0.3, -0.25) is 0 Å². The maximum atomic E-state index is 6.09. The summed E-state index contributed by atoms with van der Waals surface area (Å²) in [4.78, 5) is 2.27. The highest BCUT2D eigenvalue weighted by Crippen LogP contribution is 2.39. The van der Waals surface area contributed by atoms with Crippen LogP contribution in [0.15, 0.2) is 42.5 Å². The number of rotatable bonds is 2. The van der Waals surface area contributed by atoms with Gasteiger partial charge < -0.3 is 15.4 Å². The molecule has 0 spiro atoms. The van der Waals surface area contributed by atoms with Gasteiger partial charge in [-0.05, 0) is 42.3 Å². The summed E-state index contributed by atoms with van der Waals surface area (Å²) in [7, 11) is 1.68. The highest BCUT2D eigenvalue weighted by molar-refractivity contribution is 5.80. The number of nitrogen functional groups attached to an aromatic ring is 1. The van der Waals surface area contributed by atoms with Crippen molar-refractivity contribution in [3.8, 4) is 5.75 Å². The zero-order valence-corrected chi connectivity index (χ0v) is 10.4. The van der Waals surface area contributed by atoms with E-state index in [0.29, 0.717) is 0 Å². The molecule has 3 rings (SSSR count). The maximum Gasteiger partial charge on any atom is 0.119 e. The minimum Gasteiger partial charge on any atom is -0.497 e. The molecule has 0 amide bonds. The van der Waals surface area contributed by atoms with Gasteiger partial charge in [0.25, 0.3) is 0 Å². The molecule has 2 aromatic rings. The van der Waals surface area contributed by atoms with Crippen molar-refractivity contribution in [2.75, 3.05) is 24.3 Å². The molecular weight excluding hydrogens is 224 g/mol. The molecule has 1 heterocycles. The van der Waals surface area contributed by atoms with Gasteiger partial charge in [0.15, 0.2) is 0 Å². The van der Waals surface area contributed by atoms with Crippen molar-refractivity contribution >= 4 is 17.1 Å². The zero-order chi connectivity index (χ0) is 12.5. The molecule has 1 aliphatic heterocycles. The molecule has 1 aliphatic rings. The summed E-state index contributed by atoms with van der Waals surface area (Å²) in [6, 6.07) is 14.2. The van der Waals surface area contributed by atoms with Gasteiger partial charge in [-0.1, -0.05) is 12.1 Å². The fraction of sp³-hybridized carbons (Fsp3) is 0.200. The van der Waals surface area contributed by atoms with Gasteiger partial charge in [-0.25, -0.2) is 0 Å². The molecular formula is C15H16N2O. The van der Waals surface area contributed by atoms with E-state index >= 15 is 0 Å². The first-order valence-electron chi connectivity index (χ1n) is 6.08. The largest absolute Gasteiger partial charge is 0.497 e. The first-order chi connectivity index (χ1) is 8.79. The third kappa shape index (κ3) is 1.68. The van der Waals surface area contributed by atoms with Crippen molar-refractivity contribution in [2.24, 2.45) is 0 Å². The number of hydrogen-bond acceptors (Lipinski definition) is 3. The Morgan fingerprint density at radius 1 is 1.11 bits per heavy atom. The van der Waals surface area contributed by atoms with Gasteiger partial charge in [0.2, 0.25) is 0 Å². The first kappa shape index (κ1) is 11.0. The van der Waals surface area contributed by atoms with Crippen LogP contribution in [0.2, 0.25) is 0 Å². The molecule has 0 aromatic heterocycles. The Bertz CT molecular complexity index is 563. The van der Waals surface area contributed by atoms with Crippen LogP contribution in [-0.4, -0.2) is 13.7 Å². The molecule has 0 bridgehead atoms. The number of ether oxygens (including phenoxy) is 1. The smallest absolute Gasteiger partial charge is 0.119 e. The van der Waals surface area contributed by atoms with Crippen molar-refractivity contribution < 1.29 is 4.74 Å². The molecule has 0 saturated carbocycles. The Labute approximate surface area is 107 Å². The third-order valence-electron chi connectivity index (χ3n) is 3.41. The SMILES string of the molecule is COc1ccc(N2CCc3cccc(N)c32)cc1. The highest BCUT2D eigenvalue weighted by Gasteiger charge is 2.22. The Morgan fingerprint density at radius 2 is 1.89 bits per heavy atom. The van der Waals surface area contributed by atoms with E-state index in [2.05, 4.69) is 23.1 Å². The van der Waals surface area contributed by atoms with Gasteiger partial charge in [-0.2, -0.15) is 0 Å². The van der Waals surface area contributed by atoms with E-state index in [1.807, 2.05) is 24.3 Å². The number of hydrogen-bond donors (Lipinski definition) is 1. The van der Waals surface area contributed by atoms with E-state index in [-0.39, 0.29) is 0 Å². The number of para-hydroxylation sites is 1. The molecule has 0 aliphatic carbocycles. The molecule has 92 valence electrons. The molecule has 3 nitrogen and oxygen atoms in total. The van der Waals surface area contributed by atoms with E-state index in [1.165, 1.54) is 5.56 Å². The summed E-state index contributed by atoms with van der Waals surface area (Å²) in [6.07, 6.45) is 1.05. The Hall–Kier alpha value is -2.16. The minimum atomic E-state index is 0.848. The van der Waals surface area contributed by atoms with Crippen molar-refractivity contribution in [3.05, 3.63) is 48.0 Å². The van der Waals surface area contributed by atoms with Crippen LogP contribution in [0.5, 0.6) is 5.75 Å². The van der Waals surface area contributed by atoms with Crippen LogP contribution in [0.25, 0.3) is 0 Å². The monoisotopic (exact) mass is 240 g/mol. The molecule has 0 radical (unpaired) electrons. The van der Waals surface area contributed by atoms with Crippen LogP contribution in [0, 0.1) is 0 Å². The van der Waals surface area contributed by atoms with Crippen LogP contribution in [0.1, 0.15) is 5.56 Å². The third-order valence-corrected chi connectivity index (χ3v) is 3.41. The number of nitrogens with two attached hydrogens (primary N) is 1. The summed E-state index contributed by atoms with van der Waals surface area (Å²) in [5.41, 5.74) is 10.6. The van der Waals surface area contributed by atoms with Gasteiger partial charge >= 0.3 is 0 Å². The number of methoxy groups -OCH3 is 1. The number of nitrogens with zero attached hydrogens (tertiary/aromatic N) is 1. The predicted molar refractivity (Wildman–Crippen MR) is 74.6 cm³/mol. The predicted octanol–water partition coefficient (Wildman–Crippen LogP) is 2.97. The van der Waals surface area contributed by atoms with Crippen LogP contribution in [-0.2, 0) is 6.42 Å². The van der Waals surface area contributed by atoms with Gasteiger partial charge in [0.1, 0.15) is 5.75 Å². The second-order valence-electron chi connectivity index (χ2n) is 4.45. The summed E-state index contributed by atoms with van der Waals surface area (Å²) in [5, 5.41) is 0. The second-order valence-corrected chi connectivity index (χ2v) is 4.45. The summed E-state index contributed by atoms with van der Waals surface area (Å²) < 4.78 is 5.18. The standard InChI is InChI=1S/C15H16N2O/c1-18-13-7-5-12(6-8-13)17-10-9-11-3-2-4-14(16)15(11)17/h2-8H,9-10,16H2,1H3. The molecule has 0 fully saturated rings. The topological polar surface area (TPSA) is 38.5 Å². The molecule has 0 atom stereocenters. The van der Waals surface area contributed by atoms with Crippen LogP contribution in [0.3, 0.4) is 0 Å². The lowest BCUT2D eigenvalue weighted by Crippen LogP contribution is -2.14. The second kappa shape index (κ2) is 4.26. The fourth-order valence-corrected chi connectivity index (χ4v) is 2.51. The van der Waals surface area contributed by atoms with Crippen molar-refractivity contribution in [1.29, 1.82) is 0 Å². The summed E-state index contributed by atoms with van der Waals surface area (Å²) >= 11 is 0. The lowest BCUT2D eigenvalue weighted by Gasteiger charge is -2.21. The molecule has 2 N–H and O–H groups in total. The Morgan fingerprint density at radius 3 is 2.61 bits per heavy atom. The average molecular weight is 240 g/mol. The summed E-state index contributed by atoms with van der Waals surface area (Å²) in [6.45, 7) is 0.982. The number of anilines is 3. The number of fused-ring (bicyclic) bond motifs is 1. The van der Waals surface area contributed by atoms with E-state index in [1.54, 1.807) is 7.11 Å². The van der Waals surface area contributed by atoms with E-state index in [4.69, 9.17) is 10.5 Å². The van der Waals surface area contributed by atoms with Crippen LogP contribution in [0.4, 0.5) is 17.1 Å². The lowest BCUT2D eigenvalue weighted by molar-refractivity contribution is 0.415. The van der Waals surface area contributed by atoms with Gasteiger partial charge in [-0.15, -0.1) is 0 Å². The van der Waals surface area contributed by atoms with E-state index in [0.717, 1.165) is 35.8 Å². The Kier molecular flexibility index (Phi) is 2.59. The van der Waals surface area contributed by atoms with Crippen molar-refractivity contribution in [1.82, 2.24) is 0 Å². The van der Waals surface area contributed by atoms with Crippen LogP contribution >= 0.6 is 0 Å². The molecule has 0 unspecified atom stereocenters. The van der Waals surface area contributed by atoms with Crippen molar-refractivity contribution in [3.63, 3.8) is 0 Å². The molecule has 3 heteroatoms. The molecule has 0 saturated heterocycles. The van der Waals surface area contributed by atoms with Gasteiger partial charge in [0.05, 0.1) is 18.5 Å². The minimum absolute atomic E-state index is 0.848. The quantitative estimate of drug-likeness (QED) is 0.820. The Balaban J connectivity index is 2.00. The number of benzene rings is 2. The van der Waals surface area contributed by atoms with E-state index in [9.17, 15) is 0 Å². The van der Waals surface area contributed by atoms with E-state index < -0.39 is 0 Å². The lowest BCUT2D eigenvalue weighted by atomic mass is 10.1. The average Bonchev–Trinajstić information content (AvgIpc) is 2.84. The fourth-order valence-electron chi connectivity index (χ4n) is 2.51. The molecule has 18 heavy (non-hydrogen) atoms. The van der Waals surface area contributed by atoms with Gasteiger partial charge in [0, 0.05) is 12.2 Å². The molecule has 2 aromatic carbocycles. The maximum absolute atomic E-state index is 6.09.